The molecule has 6 heteroatoms. The van der Waals surface area contributed by atoms with Gasteiger partial charge in [0.15, 0.2) is 0 Å². The summed E-state index contributed by atoms with van der Waals surface area (Å²) < 4.78 is 5.48. The van der Waals surface area contributed by atoms with Gasteiger partial charge in [-0.05, 0) is 12.1 Å². The Hall–Kier alpha value is -1.56. The van der Waals surface area contributed by atoms with Gasteiger partial charge in [0, 0.05) is 29.7 Å². The van der Waals surface area contributed by atoms with E-state index in [9.17, 15) is 9.59 Å². The molecule has 1 fully saturated rings. The molecule has 0 saturated carbocycles. The lowest BCUT2D eigenvalue weighted by atomic mass is 10.1. The Kier molecular flexibility index (Phi) is 6.04. The molecule has 2 rings (SSSR count). The molecule has 23 heavy (non-hydrogen) atoms. The van der Waals surface area contributed by atoms with Crippen molar-refractivity contribution in [3.8, 4) is 0 Å². The fourth-order valence-corrected chi connectivity index (χ4v) is 3.16. The van der Waals surface area contributed by atoms with E-state index in [0.717, 1.165) is 11.4 Å². The van der Waals surface area contributed by atoms with Crippen LogP contribution in [0.3, 0.4) is 0 Å². The molecule has 1 aromatic heterocycles. The minimum Gasteiger partial charge on any atom is -0.465 e. The van der Waals surface area contributed by atoms with Crippen molar-refractivity contribution in [2.45, 2.75) is 38.5 Å². The van der Waals surface area contributed by atoms with Crippen molar-refractivity contribution in [1.29, 1.82) is 0 Å². The molecule has 0 spiro atoms. The number of aromatic nitrogens is 1. The van der Waals surface area contributed by atoms with Crippen molar-refractivity contribution in [3.63, 3.8) is 0 Å². The summed E-state index contributed by atoms with van der Waals surface area (Å²) in [6, 6.07) is 5.61. The molecule has 1 aliphatic heterocycles. The monoisotopic (exact) mass is 336 g/mol. The average molecular weight is 336 g/mol. The van der Waals surface area contributed by atoms with Gasteiger partial charge in [-0.15, -0.1) is 0 Å². The molecule has 1 atom stereocenters. The van der Waals surface area contributed by atoms with Crippen LogP contribution in [0.1, 0.15) is 32.9 Å². The SMILES string of the molecule is CC(C)(C)SCCOC(=O)[C@H]1CC(=O)N(Cc2ccccn2)C1. The highest BCUT2D eigenvalue weighted by molar-refractivity contribution is 8.00. The molecule has 5 nitrogen and oxygen atoms in total. The molecule has 0 unspecified atom stereocenters. The van der Waals surface area contributed by atoms with E-state index < -0.39 is 0 Å². The van der Waals surface area contributed by atoms with Crippen molar-refractivity contribution >= 4 is 23.6 Å². The third-order valence-electron chi connectivity index (χ3n) is 3.49. The zero-order valence-corrected chi connectivity index (χ0v) is 14.8. The molecular weight excluding hydrogens is 312 g/mol. The first-order valence-corrected chi connectivity index (χ1v) is 8.82. The Morgan fingerprint density at radius 1 is 1.43 bits per heavy atom. The highest BCUT2D eigenvalue weighted by Crippen LogP contribution is 2.24. The van der Waals surface area contributed by atoms with Crippen molar-refractivity contribution in [3.05, 3.63) is 30.1 Å². The Balaban J connectivity index is 1.76. The smallest absolute Gasteiger partial charge is 0.311 e. The summed E-state index contributed by atoms with van der Waals surface area (Å²) in [6.45, 7) is 7.65. The summed E-state index contributed by atoms with van der Waals surface area (Å²) >= 11 is 1.76. The number of pyridine rings is 1. The quantitative estimate of drug-likeness (QED) is 0.590. The van der Waals surface area contributed by atoms with Gasteiger partial charge in [-0.25, -0.2) is 0 Å². The zero-order chi connectivity index (χ0) is 16.9. The highest BCUT2D eigenvalue weighted by Gasteiger charge is 2.35. The standard InChI is InChI=1S/C17H24N2O3S/c1-17(2,3)23-9-8-22-16(21)13-10-15(20)19(11-13)12-14-6-4-5-7-18-14/h4-7,13H,8-12H2,1-3H3/t13-/m0/s1. The summed E-state index contributed by atoms with van der Waals surface area (Å²) in [5.41, 5.74) is 0.830. The fraction of sp³-hybridized carbons (Fsp3) is 0.588. The molecule has 0 N–H and O–H groups in total. The molecular formula is C17H24N2O3S. The van der Waals surface area contributed by atoms with Crippen LogP contribution in [0.4, 0.5) is 0 Å². The van der Waals surface area contributed by atoms with Gasteiger partial charge in [-0.2, -0.15) is 11.8 Å². The molecule has 0 radical (unpaired) electrons. The number of hydrogen-bond acceptors (Lipinski definition) is 5. The number of hydrogen-bond donors (Lipinski definition) is 0. The molecule has 0 bridgehead atoms. The maximum atomic E-state index is 12.1. The lowest BCUT2D eigenvalue weighted by Gasteiger charge is -2.18. The molecule has 126 valence electrons. The van der Waals surface area contributed by atoms with E-state index >= 15 is 0 Å². The first-order valence-electron chi connectivity index (χ1n) is 7.83. The van der Waals surface area contributed by atoms with Crippen LogP contribution in [-0.2, 0) is 20.9 Å². The van der Waals surface area contributed by atoms with Crippen LogP contribution in [0.15, 0.2) is 24.4 Å². The van der Waals surface area contributed by atoms with Crippen LogP contribution in [0.25, 0.3) is 0 Å². The van der Waals surface area contributed by atoms with Gasteiger partial charge in [-0.3, -0.25) is 14.6 Å². The number of carbonyl (C=O) groups is 2. The minimum atomic E-state index is -0.356. The van der Waals surface area contributed by atoms with E-state index in [0.29, 0.717) is 19.7 Å². The predicted octanol–water partition coefficient (Wildman–Crippen LogP) is 2.51. The van der Waals surface area contributed by atoms with Gasteiger partial charge in [0.25, 0.3) is 0 Å². The summed E-state index contributed by atoms with van der Waals surface area (Å²) in [6.07, 6.45) is 1.94. The van der Waals surface area contributed by atoms with E-state index in [1.54, 1.807) is 22.9 Å². The van der Waals surface area contributed by atoms with Crippen LogP contribution < -0.4 is 0 Å². The van der Waals surface area contributed by atoms with Gasteiger partial charge in [-0.1, -0.05) is 26.8 Å². The first-order chi connectivity index (χ1) is 10.8. The van der Waals surface area contributed by atoms with Crippen molar-refractivity contribution in [2.75, 3.05) is 18.9 Å². The van der Waals surface area contributed by atoms with Crippen LogP contribution in [-0.4, -0.2) is 45.4 Å². The van der Waals surface area contributed by atoms with Crippen molar-refractivity contribution in [2.24, 2.45) is 5.92 Å². The molecule has 1 amide bonds. The zero-order valence-electron chi connectivity index (χ0n) is 13.9. The molecule has 0 aromatic carbocycles. The Bertz CT molecular complexity index is 543. The molecule has 1 aromatic rings. The van der Waals surface area contributed by atoms with E-state index in [-0.39, 0.29) is 29.0 Å². The number of ether oxygens (including phenoxy) is 1. The predicted molar refractivity (Wildman–Crippen MR) is 90.9 cm³/mol. The number of carbonyl (C=O) groups excluding carboxylic acids is 2. The van der Waals surface area contributed by atoms with Crippen LogP contribution in [0.2, 0.25) is 0 Å². The summed E-state index contributed by atoms with van der Waals surface area (Å²) in [5.74, 6) is 0.136. The topological polar surface area (TPSA) is 59.5 Å². The third-order valence-corrected chi connectivity index (χ3v) is 4.73. The number of thioether (sulfide) groups is 1. The third kappa shape index (κ3) is 5.86. The number of likely N-dealkylation sites (tertiary alicyclic amines) is 1. The summed E-state index contributed by atoms with van der Waals surface area (Å²) in [4.78, 5) is 30.0. The van der Waals surface area contributed by atoms with E-state index in [2.05, 4.69) is 25.8 Å². The number of esters is 1. The molecule has 2 heterocycles. The molecule has 1 saturated heterocycles. The first kappa shape index (κ1) is 17.8. The summed E-state index contributed by atoms with van der Waals surface area (Å²) in [7, 11) is 0. The van der Waals surface area contributed by atoms with Crippen molar-refractivity contribution in [1.82, 2.24) is 9.88 Å². The lowest BCUT2D eigenvalue weighted by Crippen LogP contribution is -2.27. The maximum Gasteiger partial charge on any atom is 0.311 e. The van der Waals surface area contributed by atoms with Crippen LogP contribution in [0, 0.1) is 5.92 Å². The normalized spacial score (nSPS) is 18.3. The largest absolute Gasteiger partial charge is 0.465 e. The Labute approximate surface area is 141 Å². The van der Waals surface area contributed by atoms with Gasteiger partial charge in [0.05, 0.1) is 18.2 Å². The van der Waals surface area contributed by atoms with Gasteiger partial charge < -0.3 is 9.64 Å². The maximum absolute atomic E-state index is 12.1. The van der Waals surface area contributed by atoms with E-state index in [1.165, 1.54) is 0 Å². The Morgan fingerprint density at radius 2 is 2.22 bits per heavy atom. The minimum absolute atomic E-state index is 0.0123. The van der Waals surface area contributed by atoms with Crippen molar-refractivity contribution < 1.29 is 14.3 Å². The second kappa shape index (κ2) is 7.81. The van der Waals surface area contributed by atoms with Crippen LogP contribution in [0.5, 0.6) is 0 Å². The highest BCUT2D eigenvalue weighted by atomic mass is 32.2. The molecule has 1 aliphatic rings. The number of amides is 1. The number of rotatable bonds is 6. The molecule has 0 aliphatic carbocycles. The lowest BCUT2D eigenvalue weighted by molar-refractivity contribution is -0.147. The Morgan fingerprint density at radius 3 is 2.87 bits per heavy atom. The van der Waals surface area contributed by atoms with Gasteiger partial charge in [0.1, 0.15) is 6.61 Å². The second-order valence-electron chi connectivity index (χ2n) is 6.62. The number of nitrogens with zero attached hydrogens (tertiary/aromatic N) is 2. The second-order valence-corrected chi connectivity index (χ2v) is 8.55. The van der Waals surface area contributed by atoms with Crippen LogP contribution >= 0.6 is 11.8 Å². The summed E-state index contributed by atoms with van der Waals surface area (Å²) in [5, 5.41) is 0. The average Bonchev–Trinajstić information content (AvgIpc) is 2.85. The fourth-order valence-electron chi connectivity index (χ4n) is 2.38. The van der Waals surface area contributed by atoms with E-state index in [4.69, 9.17) is 4.74 Å². The van der Waals surface area contributed by atoms with Gasteiger partial charge >= 0.3 is 5.97 Å². The van der Waals surface area contributed by atoms with Gasteiger partial charge in [0.2, 0.25) is 5.91 Å². The van der Waals surface area contributed by atoms with E-state index in [1.807, 2.05) is 18.2 Å².